The van der Waals surface area contributed by atoms with Crippen molar-refractivity contribution in [3.05, 3.63) is 39.4 Å². The third kappa shape index (κ3) is 3.34. The molecule has 2 rings (SSSR count). The smallest absolute Gasteiger partial charge is 0.308 e. The predicted molar refractivity (Wildman–Crippen MR) is 71.9 cm³/mol. The molecular formula is C14H16F2N2O3. The largest absolute Gasteiger partial charge is 0.349 e. The fourth-order valence-electron chi connectivity index (χ4n) is 2.73. The molecule has 0 radical (unpaired) electrons. The molecule has 1 aliphatic carbocycles. The van der Waals surface area contributed by atoms with Crippen LogP contribution in [0.1, 0.15) is 43.0 Å². The number of nitro groups is 1. The van der Waals surface area contributed by atoms with Crippen molar-refractivity contribution >= 4 is 11.6 Å². The number of halogens is 2. The summed E-state index contributed by atoms with van der Waals surface area (Å²) in [4.78, 5) is 21.6. The van der Waals surface area contributed by atoms with Gasteiger partial charge in [0.15, 0.2) is 0 Å². The average molecular weight is 298 g/mol. The summed E-state index contributed by atoms with van der Waals surface area (Å²) in [6, 6.07) is 0.965. The zero-order valence-electron chi connectivity index (χ0n) is 11.6. The van der Waals surface area contributed by atoms with Crippen molar-refractivity contribution in [3.63, 3.8) is 0 Å². The fraction of sp³-hybridized carbons (Fsp3) is 0.500. The van der Waals surface area contributed by atoms with Crippen molar-refractivity contribution in [1.82, 2.24) is 5.32 Å². The number of hydrogen-bond acceptors (Lipinski definition) is 3. The summed E-state index contributed by atoms with van der Waals surface area (Å²) in [5.41, 5.74) is -1.67. The van der Waals surface area contributed by atoms with Crippen LogP contribution < -0.4 is 5.32 Å². The van der Waals surface area contributed by atoms with E-state index in [-0.39, 0.29) is 6.04 Å². The Labute approximate surface area is 120 Å². The molecule has 1 aromatic rings. The normalized spacial score (nSPS) is 16.7. The average Bonchev–Trinajstić information content (AvgIpc) is 2.94. The van der Waals surface area contributed by atoms with Crippen molar-refractivity contribution in [1.29, 1.82) is 0 Å². The number of nitro benzene ring substituents is 1. The zero-order chi connectivity index (χ0) is 15.6. The van der Waals surface area contributed by atoms with Gasteiger partial charge in [-0.15, -0.1) is 0 Å². The Morgan fingerprint density at radius 3 is 2.57 bits per heavy atom. The first-order valence-electron chi connectivity index (χ1n) is 6.84. The summed E-state index contributed by atoms with van der Waals surface area (Å²) in [5, 5.41) is 13.3. The molecule has 1 saturated carbocycles. The van der Waals surface area contributed by atoms with E-state index in [1.165, 1.54) is 0 Å². The number of amides is 1. The van der Waals surface area contributed by atoms with Crippen molar-refractivity contribution in [2.24, 2.45) is 5.92 Å². The lowest BCUT2D eigenvalue weighted by Gasteiger charge is -2.20. The van der Waals surface area contributed by atoms with E-state index in [9.17, 15) is 23.7 Å². The minimum atomic E-state index is -1.31. The molecule has 114 valence electrons. The van der Waals surface area contributed by atoms with E-state index in [4.69, 9.17) is 0 Å². The van der Waals surface area contributed by atoms with Gasteiger partial charge in [-0.3, -0.25) is 14.9 Å². The number of benzene rings is 1. The number of rotatable bonds is 4. The molecule has 1 N–H and O–H groups in total. The van der Waals surface area contributed by atoms with E-state index in [1.54, 1.807) is 6.92 Å². The standard InChI is InChI=1S/C14H16F2N2O3/c1-8(9-4-2-3-5-9)17-14(19)11-6-10(15)7-12(13(11)16)18(20)21/h6-9H,2-5H2,1H3,(H,17,19). The third-order valence-electron chi connectivity index (χ3n) is 3.93. The van der Waals surface area contributed by atoms with Crippen LogP contribution in [0.3, 0.4) is 0 Å². The van der Waals surface area contributed by atoms with Gasteiger partial charge in [-0.2, -0.15) is 4.39 Å². The van der Waals surface area contributed by atoms with Gasteiger partial charge in [-0.05, 0) is 31.7 Å². The van der Waals surface area contributed by atoms with E-state index in [2.05, 4.69) is 5.32 Å². The highest BCUT2D eigenvalue weighted by molar-refractivity contribution is 5.95. The minimum Gasteiger partial charge on any atom is -0.349 e. The zero-order valence-corrected chi connectivity index (χ0v) is 11.6. The molecule has 0 saturated heterocycles. The molecule has 1 amide bonds. The van der Waals surface area contributed by atoms with Gasteiger partial charge in [-0.1, -0.05) is 12.8 Å². The molecular weight excluding hydrogens is 282 g/mol. The molecule has 1 aromatic carbocycles. The first-order chi connectivity index (χ1) is 9.90. The second-order valence-electron chi connectivity index (χ2n) is 5.35. The Morgan fingerprint density at radius 2 is 2.00 bits per heavy atom. The highest BCUT2D eigenvalue weighted by atomic mass is 19.1. The van der Waals surface area contributed by atoms with Crippen LogP contribution in [0.5, 0.6) is 0 Å². The first kappa shape index (κ1) is 15.3. The molecule has 0 bridgehead atoms. The Kier molecular flexibility index (Phi) is 4.50. The molecule has 5 nitrogen and oxygen atoms in total. The van der Waals surface area contributed by atoms with E-state index in [1.807, 2.05) is 0 Å². The number of carbonyl (C=O) groups excluding carboxylic acids is 1. The maximum atomic E-state index is 13.9. The van der Waals surface area contributed by atoms with E-state index < -0.39 is 33.7 Å². The quantitative estimate of drug-likeness (QED) is 0.685. The maximum absolute atomic E-state index is 13.9. The Balaban J connectivity index is 2.20. The lowest BCUT2D eigenvalue weighted by molar-refractivity contribution is -0.387. The van der Waals surface area contributed by atoms with Gasteiger partial charge in [0, 0.05) is 6.04 Å². The molecule has 1 aliphatic rings. The summed E-state index contributed by atoms with van der Waals surface area (Å²) in [6.07, 6.45) is 4.13. The third-order valence-corrected chi connectivity index (χ3v) is 3.93. The molecule has 1 unspecified atom stereocenters. The maximum Gasteiger partial charge on any atom is 0.308 e. The van der Waals surface area contributed by atoms with Crippen molar-refractivity contribution in [2.75, 3.05) is 0 Å². The summed E-state index contributed by atoms with van der Waals surface area (Å²) in [6.45, 7) is 1.81. The van der Waals surface area contributed by atoms with Crippen molar-refractivity contribution in [2.45, 2.75) is 38.6 Å². The molecule has 0 spiro atoms. The molecule has 7 heteroatoms. The van der Waals surface area contributed by atoms with Gasteiger partial charge in [0.25, 0.3) is 5.91 Å². The van der Waals surface area contributed by atoms with Gasteiger partial charge in [-0.25, -0.2) is 4.39 Å². The fourth-order valence-corrected chi connectivity index (χ4v) is 2.73. The summed E-state index contributed by atoms with van der Waals surface area (Å²) >= 11 is 0. The monoisotopic (exact) mass is 298 g/mol. The molecule has 21 heavy (non-hydrogen) atoms. The Hall–Kier alpha value is -2.05. The summed E-state index contributed by atoms with van der Waals surface area (Å²) < 4.78 is 27.2. The van der Waals surface area contributed by atoms with Gasteiger partial charge >= 0.3 is 5.69 Å². The summed E-state index contributed by atoms with van der Waals surface area (Å²) in [7, 11) is 0. The second-order valence-corrected chi connectivity index (χ2v) is 5.35. The van der Waals surface area contributed by atoms with Gasteiger partial charge in [0.2, 0.25) is 5.82 Å². The lowest BCUT2D eigenvalue weighted by Crippen LogP contribution is -2.37. The van der Waals surface area contributed by atoms with Gasteiger partial charge in [0.05, 0.1) is 16.6 Å². The SMILES string of the molecule is CC(NC(=O)c1cc(F)cc([N+](=O)[O-])c1F)C1CCCC1. The van der Waals surface area contributed by atoms with Gasteiger partial charge in [0.1, 0.15) is 5.82 Å². The van der Waals surface area contributed by atoms with E-state index in [0.29, 0.717) is 18.1 Å². The first-order valence-corrected chi connectivity index (χ1v) is 6.84. The topological polar surface area (TPSA) is 72.2 Å². The predicted octanol–water partition coefficient (Wildman–Crippen LogP) is 3.18. The van der Waals surface area contributed by atoms with E-state index >= 15 is 0 Å². The van der Waals surface area contributed by atoms with Crippen LogP contribution >= 0.6 is 0 Å². The number of carbonyl (C=O) groups is 1. The molecule has 1 fully saturated rings. The Bertz CT molecular complexity index is 572. The highest BCUT2D eigenvalue weighted by Gasteiger charge is 2.27. The molecule has 0 aromatic heterocycles. The van der Waals surface area contributed by atoms with Crippen LogP contribution in [0.4, 0.5) is 14.5 Å². The van der Waals surface area contributed by atoms with Crippen molar-refractivity contribution in [3.8, 4) is 0 Å². The molecule has 0 heterocycles. The van der Waals surface area contributed by atoms with Gasteiger partial charge < -0.3 is 5.32 Å². The van der Waals surface area contributed by atoms with Crippen LogP contribution in [0, 0.1) is 27.7 Å². The van der Waals surface area contributed by atoms with Crippen LogP contribution in [-0.4, -0.2) is 16.9 Å². The van der Waals surface area contributed by atoms with Crippen molar-refractivity contribution < 1.29 is 18.5 Å². The van der Waals surface area contributed by atoms with Crippen LogP contribution in [0.2, 0.25) is 0 Å². The number of hydrogen-bond donors (Lipinski definition) is 1. The highest BCUT2D eigenvalue weighted by Crippen LogP contribution is 2.28. The number of nitrogens with zero attached hydrogens (tertiary/aromatic N) is 1. The van der Waals surface area contributed by atoms with Crippen LogP contribution in [0.25, 0.3) is 0 Å². The second kappa shape index (κ2) is 6.15. The molecule has 1 atom stereocenters. The lowest BCUT2D eigenvalue weighted by atomic mass is 9.99. The van der Waals surface area contributed by atoms with Crippen LogP contribution in [-0.2, 0) is 0 Å². The van der Waals surface area contributed by atoms with E-state index in [0.717, 1.165) is 25.7 Å². The molecule has 0 aliphatic heterocycles. The minimum absolute atomic E-state index is 0.179. The number of nitrogens with one attached hydrogen (secondary N) is 1. The summed E-state index contributed by atoms with van der Waals surface area (Å²) in [5.74, 6) is -2.84. The van der Waals surface area contributed by atoms with Crippen LogP contribution in [0.15, 0.2) is 12.1 Å². The Morgan fingerprint density at radius 1 is 1.38 bits per heavy atom.